The first-order chi connectivity index (χ1) is 11.7. The van der Waals surface area contributed by atoms with Crippen molar-refractivity contribution in [3.8, 4) is 5.88 Å². The molecule has 0 saturated carbocycles. The fourth-order valence-corrected chi connectivity index (χ4v) is 3.18. The fraction of sp³-hybridized carbons (Fsp3) is 0.412. The van der Waals surface area contributed by atoms with Crippen LogP contribution in [0.25, 0.3) is 0 Å². The third kappa shape index (κ3) is 3.51. The molecule has 24 heavy (non-hydrogen) atoms. The van der Waals surface area contributed by atoms with Gasteiger partial charge in [-0.1, -0.05) is 6.07 Å². The van der Waals surface area contributed by atoms with Gasteiger partial charge in [0.1, 0.15) is 0 Å². The molecular weight excluding hydrogens is 306 g/mol. The van der Waals surface area contributed by atoms with E-state index in [2.05, 4.69) is 38.5 Å². The Bertz CT molecular complexity index is 677. The van der Waals surface area contributed by atoms with Crippen molar-refractivity contribution in [2.24, 2.45) is 5.92 Å². The van der Waals surface area contributed by atoms with Gasteiger partial charge >= 0.3 is 0 Å². The number of methoxy groups -OCH3 is 1. The van der Waals surface area contributed by atoms with Crippen LogP contribution in [0.5, 0.6) is 5.88 Å². The minimum atomic E-state index is -0.218. The molecule has 7 nitrogen and oxygen atoms in total. The minimum absolute atomic E-state index is 0.218. The molecule has 1 N–H and O–H groups in total. The summed E-state index contributed by atoms with van der Waals surface area (Å²) in [7, 11) is 3.62. The van der Waals surface area contributed by atoms with E-state index in [1.165, 1.54) is 12.7 Å². The summed E-state index contributed by atoms with van der Waals surface area (Å²) in [6.45, 7) is 1.60. The molecule has 0 aromatic carbocycles. The topological polar surface area (TPSA) is 80.2 Å². The average molecular weight is 327 g/mol. The zero-order valence-electron chi connectivity index (χ0n) is 13.8. The molecule has 0 spiro atoms. The molecule has 0 unspecified atom stereocenters. The zero-order chi connectivity index (χ0) is 16.9. The number of amides is 1. The fourth-order valence-electron chi connectivity index (χ4n) is 3.18. The van der Waals surface area contributed by atoms with E-state index in [9.17, 15) is 4.79 Å². The maximum atomic E-state index is 12.2. The second kappa shape index (κ2) is 7.35. The third-order valence-corrected chi connectivity index (χ3v) is 4.41. The average Bonchev–Trinajstić information content (AvgIpc) is 3.01. The smallest absolute Gasteiger partial charge is 0.271 e. The van der Waals surface area contributed by atoms with Crippen molar-refractivity contribution in [1.82, 2.24) is 25.4 Å². The molecule has 0 radical (unpaired) electrons. The van der Waals surface area contributed by atoms with E-state index in [0.29, 0.717) is 24.0 Å². The molecule has 1 saturated heterocycles. The molecule has 2 aromatic heterocycles. The molecule has 1 aliphatic heterocycles. The number of rotatable bonds is 5. The van der Waals surface area contributed by atoms with Crippen molar-refractivity contribution in [2.75, 3.05) is 27.2 Å². The Morgan fingerprint density at radius 1 is 1.38 bits per heavy atom. The lowest BCUT2D eigenvalue weighted by Gasteiger charge is -2.25. The summed E-state index contributed by atoms with van der Waals surface area (Å²) in [5, 5.41) is 10.7. The summed E-state index contributed by atoms with van der Waals surface area (Å²) in [5.41, 5.74) is 1.47. The van der Waals surface area contributed by atoms with E-state index in [1.807, 2.05) is 12.3 Å². The van der Waals surface area contributed by atoms with E-state index in [-0.39, 0.29) is 11.9 Å². The molecule has 3 rings (SSSR count). The van der Waals surface area contributed by atoms with Crippen LogP contribution in [0.1, 0.15) is 28.5 Å². The molecule has 126 valence electrons. The number of ether oxygens (including phenoxy) is 1. The number of hydrogen-bond acceptors (Lipinski definition) is 6. The molecule has 0 aliphatic carbocycles. The van der Waals surface area contributed by atoms with E-state index in [4.69, 9.17) is 4.74 Å². The lowest BCUT2D eigenvalue weighted by Crippen LogP contribution is -2.33. The third-order valence-electron chi connectivity index (χ3n) is 4.41. The molecule has 7 heteroatoms. The number of hydrogen-bond donors (Lipinski definition) is 1. The summed E-state index contributed by atoms with van der Waals surface area (Å²) in [4.78, 5) is 18.8. The van der Waals surface area contributed by atoms with E-state index in [1.54, 1.807) is 18.3 Å². The predicted molar refractivity (Wildman–Crippen MR) is 88.6 cm³/mol. The molecule has 1 aliphatic rings. The first-order valence-corrected chi connectivity index (χ1v) is 7.95. The van der Waals surface area contributed by atoms with Gasteiger partial charge in [0.2, 0.25) is 5.88 Å². The van der Waals surface area contributed by atoms with Gasteiger partial charge in [-0.25, -0.2) is 0 Å². The highest BCUT2D eigenvalue weighted by atomic mass is 16.5. The number of nitrogens with zero attached hydrogens (tertiary/aromatic N) is 4. The molecule has 2 atom stereocenters. The van der Waals surface area contributed by atoms with Crippen LogP contribution in [-0.2, 0) is 0 Å². The highest BCUT2D eigenvalue weighted by Crippen LogP contribution is 2.35. The van der Waals surface area contributed by atoms with Gasteiger partial charge in [-0.05, 0) is 43.6 Å². The highest BCUT2D eigenvalue weighted by molar-refractivity contribution is 5.92. The van der Waals surface area contributed by atoms with Gasteiger partial charge in [0.05, 0.1) is 7.11 Å². The quantitative estimate of drug-likeness (QED) is 0.892. The lowest BCUT2D eigenvalue weighted by atomic mass is 9.95. The molecule has 1 amide bonds. The summed E-state index contributed by atoms with van der Waals surface area (Å²) < 4.78 is 4.95. The zero-order valence-corrected chi connectivity index (χ0v) is 13.8. The second-order valence-corrected chi connectivity index (χ2v) is 5.93. The normalized spacial score (nSPS) is 20.8. The number of carbonyl (C=O) groups excluding carboxylic acids is 1. The van der Waals surface area contributed by atoms with Gasteiger partial charge in [0, 0.05) is 31.0 Å². The van der Waals surface area contributed by atoms with Crippen LogP contribution in [0.4, 0.5) is 0 Å². The Balaban J connectivity index is 1.63. The minimum Gasteiger partial charge on any atom is -0.480 e. The number of aromatic nitrogens is 3. The predicted octanol–water partition coefficient (Wildman–Crippen LogP) is 1.30. The number of pyridine rings is 1. The van der Waals surface area contributed by atoms with Gasteiger partial charge in [0.15, 0.2) is 5.69 Å². The Labute approximate surface area is 141 Å². The summed E-state index contributed by atoms with van der Waals surface area (Å²) >= 11 is 0. The standard InChI is InChI=1S/C17H21N5O2/c1-22-9-7-13(16(22)12-4-3-8-18-10-12)11-19-17(23)14-5-6-15(24-2)21-20-14/h3-6,8,10,13,16H,7,9,11H2,1-2H3,(H,19,23)/t13-,16-/m0/s1. The Morgan fingerprint density at radius 2 is 2.25 bits per heavy atom. The SMILES string of the molecule is COc1ccc(C(=O)NC[C@@H]2CCN(C)[C@H]2c2cccnc2)nn1. The number of likely N-dealkylation sites (tertiary alicyclic amines) is 1. The molecule has 1 fully saturated rings. The van der Waals surface area contributed by atoms with Crippen LogP contribution in [0.3, 0.4) is 0 Å². The Kier molecular flexibility index (Phi) is 5.00. The number of nitrogens with one attached hydrogen (secondary N) is 1. The van der Waals surface area contributed by atoms with Crippen molar-refractivity contribution in [1.29, 1.82) is 0 Å². The van der Waals surface area contributed by atoms with Gasteiger partial charge in [-0.15, -0.1) is 10.2 Å². The van der Waals surface area contributed by atoms with Crippen LogP contribution in [0.15, 0.2) is 36.7 Å². The monoisotopic (exact) mass is 327 g/mol. The van der Waals surface area contributed by atoms with Gasteiger partial charge in [0.25, 0.3) is 5.91 Å². The van der Waals surface area contributed by atoms with Crippen LogP contribution in [0, 0.1) is 5.92 Å². The first kappa shape index (κ1) is 16.3. The van der Waals surface area contributed by atoms with Crippen molar-refractivity contribution in [3.63, 3.8) is 0 Å². The maximum Gasteiger partial charge on any atom is 0.271 e. The van der Waals surface area contributed by atoms with Crippen LogP contribution in [0.2, 0.25) is 0 Å². The summed E-state index contributed by atoms with van der Waals surface area (Å²) in [6, 6.07) is 7.54. The van der Waals surface area contributed by atoms with Crippen molar-refractivity contribution in [3.05, 3.63) is 47.9 Å². The Morgan fingerprint density at radius 3 is 2.92 bits per heavy atom. The van der Waals surface area contributed by atoms with Crippen molar-refractivity contribution >= 4 is 5.91 Å². The molecule has 3 heterocycles. The number of carbonyl (C=O) groups is 1. The van der Waals surface area contributed by atoms with E-state index in [0.717, 1.165) is 13.0 Å². The highest BCUT2D eigenvalue weighted by Gasteiger charge is 2.33. The molecule has 0 bridgehead atoms. The first-order valence-electron chi connectivity index (χ1n) is 7.95. The van der Waals surface area contributed by atoms with Crippen molar-refractivity contribution < 1.29 is 9.53 Å². The molecule has 2 aromatic rings. The summed E-state index contributed by atoms with van der Waals surface area (Å²) in [6.07, 6.45) is 4.71. The molecular formula is C17H21N5O2. The Hall–Kier alpha value is -2.54. The van der Waals surface area contributed by atoms with Gasteiger partial charge < -0.3 is 10.1 Å². The second-order valence-electron chi connectivity index (χ2n) is 5.93. The lowest BCUT2D eigenvalue weighted by molar-refractivity contribution is 0.0937. The van der Waals surface area contributed by atoms with Gasteiger partial charge in [-0.2, -0.15) is 0 Å². The maximum absolute atomic E-state index is 12.2. The van der Waals surface area contributed by atoms with Crippen molar-refractivity contribution in [2.45, 2.75) is 12.5 Å². The summed E-state index contributed by atoms with van der Waals surface area (Å²) in [5.74, 6) is 0.514. The van der Waals surface area contributed by atoms with E-state index < -0.39 is 0 Å². The van der Waals surface area contributed by atoms with Crippen LogP contribution >= 0.6 is 0 Å². The van der Waals surface area contributed by atoms with E-state index >= 15 is 0 Å². The van der Waals surface area contributed by atoms with Gasteiger partial charge in [-0.3, -0.25) is 14.7 Å². The largest absolute Gasteiger partial charge is 0.480 e. The van der Waals surface area contributed by atoms with Crippen LogP contribution < -0.4 is 10.1 Å². The van der Waals surface area contributed by atoms with Crippen LogP contribution in [-0.4, -0.2) is 53.2 Å².